The summed E-state index contributed by atoms with van der Waals surface area (Å²) in [6.45, 7) is 2.58. The SMILES string of the molecule is O=S(=O)(c1ccc(CN2CCC(c3c[nH]c4ccccc34)CC2)cc1)C(F)F. The van der Waals surface area contributed by atoms with Gasteiger partial charge in [-0.1, -0.05) is 30.3 Å². The maximum atomic E-state index is 12.6. The second-order valence-electron chi connectivity index (χ2n) is 7.29. The number of hydrogen-bond donors (Lipinski definition) is 1. The molecule has 4 nitrogen and oxygen atoms in total. The molecule has 0 saturated carbocycles. The van der Waals surface area contributed by atoms with E-state index in [1.165, 1.54) is 28.6 Å². The first kappa shape index (κ1) is 19.1. The highest BCUT2D eigenvalue weighted by Crippen LogP contribution is 2.33. The van der Waals surface area contributed by atoms with Crippen LogP contribution in [0.4, 0.5) is 8.78 Å². The number of alkyl halides is 2. The van der Waals surface area contributed by atoms with Gasteiger partial charge in [-0.25, -0.2) is 8.42 Å². The van der Waals surface area contributed by atoms with Crippen LogP contribution >= 0.6 is 0 Å². The first-order valence-electron chi connectivity index (χ1n) is 9.34. The minimum atomic E-state index is -4.53. The minimum Gasteiger partial charge on any atom is -0.361 e. The van der Waals surface area contributed by atoms with Gasteiger partial charge in [-0.05, 0) is 61.2 Å². The third-order valence-electron chi connectivity index (χ3n) is 5.54. The number of para-hydroxylation sites is 1. The van der Waals surface area contributed by atoms with Crippen molar-refractivity contribution in [3.63, 3.8) is 0 Å². The normalized spacial score (nSPS) is 16.8. The second-order valence-corrected chi connectivity index (χ2v) is 9.21. The van der Waals surface area contributed by atoms with Gasteiger partial charge in [-0.15, -0.1) is 0 Å². The van der Waals surface area contributed by atoms with Gasteiger partial charge in [0, 0.05) is 23.6 Å². The largest absolute Gasteiger partial charge is 0.361 e. The Labute approximate surface area is 163 Å². The van der Waals surface area contributed by atoms with Gasteiger partial charge in [0.25, 0.3) is 0 Å². The predicted octanol–water partition coefficient (Wildman–Crippen LogP) is 4.54. The maximum Gasteiger partial charge on any atom is 0.341 e. The summed E-state index contributed by atoms with van der Waals surface area (Å²) in [5.74, 6) is -2.87. The Bertz CT molecular complexity index is 1050. The number of piperidine rings is 1. The summed E-state index contributed by atoms with van der Waals surface area (Å²) in [6, 6.07) is 14.1. The number of rotatable bonds is 5. The summed E-state index contributed by atoms with van der Waals surface area (Å²) in [4.78, 5) is 5.34. The summed E-state index contributed by atoms with van der Waals surface area (Å²) in [6.07, 6.45) is 4.23. The summed E-state index contributed by atoms with van der Waals surface area (Å²) in [5, 5.41) is 1.29. The molecule has 1 N–H and O–H groups in total. The summed E-state index contributed by atoms with van der Waals surface area (Å²) in [5.41, 5.74) is 3.47. The molecule has 1 aliphatic heterocycles. The van der Waals surface area contributed by atoms with Gasteiger partial charge in [0.05, 0.1) is 4.90 Å². The van der Waals surface area contributed by atoms with Crippen molar-refractivity contribution < 1.29 is 17.2 Å². The quantitative estimate of drug-likeness (QED) is 0.679. The third-order valence-corrected chi connectivity index (χ3v) is 6.94. The molecular formula is C21H22F2N2O2S. The van der Waals surface area contributed by atoms with Crippen molar-refractivity contribution in [1.82, 2.24) is 9.88 Å². The number of halogens is 2. The average Bonchev–Trinajstić information content (AvgIpc) is 3.13. The van der Waals surface area contributed by atoms with Crippen molar-refractivity contribution in [2.24, 2.45) is 0 Å². The number of sulfone groups is 1. The van der Waals surface area contributed by atoms with Crippen molar-refractivity contribution in [2.45, 2.75) is 36.0 Å². The zero-order valence-electron chi connectivity index (χ0n) is 15.3. The van der Waals surface area contributed by atoms with Crippen LogP contribution in [-0.4, -0.2) is 37.1 Å². The van der Waals surface area contributed by atoms with E-state index in [1.807, 2.05) is 6.07 Å². The standard InChI is InChI=1S/C21H22F2N2O2S/c22-21(23)28(26,27)17-7-5-15(6-8-17)14-25-11-9-16(10-12-25)19-13-24-20-4-2-1-3-18(19)20/h1-8,13,16,21,24H,9-12,14H2. The molecule has 1 saturated heterocycles. The lowest BCUT2D eigenvalue weighted by atomic mass is 9.89. The lowest BCUT2D eigenvalue weighted by Crippen LogP contribution is -2.32. The van der Waals surface area contributed by atoms with E-state index in [0.717, 1.165) is 31.5 Å². The number of hydrogen-bond acceptors (Lipinski definition) is 3. The van der Waals surface area contributed by atoms with Gasteiger partial charge in [0.1, 0.15) is 0 Å². The number of nitrogens with zero attached hydrogens (tertiary/aromatic N) is 1. The molecule has 4 rings (SSSR count). The third kappa shape index (κ3) is 3.69. The highest BCUT2D eigenvalue weighted by Gasteiger charge is 2.26. The lowest BCUT2D eigenvalue weighted by Gasteiger charge is -2.32. The average molecular weight is 404 g/mol. The molecule has 148 valence electrons. The summed E-state index contributed by atoms with van der Waals surface area (Å²) >= 11 is 0. The summed E-state index contributed by atoms with van der Waals surface area (Å²) < 4.78 is 48.3. The van der Waals surface area contributed by atoms with Crippen LogP contribution < -0.4 is 0 Å². The van der Waals surface area contributed by atoms with Gasteiger partial charge in [0.15, 0.2) is 0 Å². The first-order chi connectivity index (χ1) is 13.4. The molecule has 0 radical (unpaired) electrons. The van der Waals surface area contributed by atoms with Crippen LogP contribution in [0.1, 0.15) is 29.9 Å². The molecule has 0 unspecified atom stereocenters. The Morgan fingerprint density at radius 3 is 2.39 bits per heavy atom. The van der Waals surface area contributed by atoms with E-state index in [1.54, 1.807) is 12.1 Å². The van der Waals surface area contributed by atoms with Crippen molar-refractivity contribution in [3.8, 4) is 0 Å². The van der Waals surface area contributed by atoms with Crippen LogP contribution in [0.25, 0.3) is 10.9 Å². The maximum absolute atomic E-state index is 12.6. The number of nitrogens with one attached hydrogen (secondary N) is 1. The van der Waals surface area contributed by atoms with Crippen molar-refractivity contribution in [2.75, 3.05) is 13.1 Å². The van der Waals surface area contributed by atoms with Crippen LogP contribution in [0, 0.1) is 0 Å². The van der Waals surface area contributed by atoms with Crippen LogP contribution in [0.15, 0.2) is 59.6 Å². The highest BCUT2D eigenvalue weighted by atomic mass is 32.2. The zero-order valence-corrected chi connectivity index (χ0v) is 16.1. The second kappa shape index (κ2) is 7.64. The molecule has 0 atom stereocenters. The van der Waals surface area contributed by atoms with Gasteiger partial charge in [-0.2, -0.15) is 8.78 Å². The fraction of sp³-hybridized carbons (Fsp3) is 0.333. The van der Waals surface area contributed by atoms with Crippen molar-refractivity contribution in [3.05, 3.63) is 65.9 Å². The number of aromatic amines is 1. The Morgan fingerprint density at radius 2 is 1.71 bits per heavy atom. The highest BCUT2D eigenvalue weighted by molar-refractivity contribution is 7.91. The molecule has 1 aliphatic rings. The van der Waals surface area contributed by atoms with E-state index in [2.05, 4.69) is 34.3 Å². The molecule has 2 heterocycles. The van der Waals surface area contributed by atoms with E-state index in [-0.39, 0.29) is 4.90 Å². The molecule has 2 aromatic carbocycles. The van der Waals surface area contributed by atoms with Crippen LogP contribution in [0.5, 0.6) is 0 Å². The number of fused-ring (bicyclic) bond motifs is 1. The molecule has 0 spiro atoms. The molecule has 0 aliphatic carbocycles. The Morgan fingerprint density at radius 1 is 1.04 bits per heavy atom. The molecule has 1 fully saturated rings. The molecule has 0 amide bonds. The van der Waals surface area contributed by atoms with Gasteiger partial charge >= 0.3 is 5.76 Å². The van der Waals surface area contributed by atoms with Crippen molar-refractivity contribution >= 4 is 20.7 Å². The number of aromatic nitrogens is 1. The number of benzene rings is 2. The predicted molar refractivity (Wildman–Crippen MR) is 105 cm³/mol. The lowest BCUT2D eigenvalue weighted by molar-refractivity contribution is 0.205. The molecule has 28 heavy (non-hydrogen) atoms. The summed E-state index contributed by atoms with van der Waals surface area (Å²) in [7, 11) is -4.53. The first-order valence-corrected chi connectivity index (χ1v) is 10.9. The van der Waals surface area contributed by atoms with Crippen LogP contribution in [-0.2, 0) is 16.4 Å². The Kier molecular flexibility index (Phi) is 5.21. The smallest absolute Gasteiger partial charge is 0.341 e. The van der Waals surface area contributed by atoms with Gasteiger partial charge in [-0.3, -0.25) is 4.90 Å². The van der Waals surface area contributed by atoms with Crippen molar-refractivity contribution in [1.29, 1.82) is 0 Å². The van der Waals surface area contributed by atoms with E-state index in [0.29, 0.717) is 12.5 Å². The Hall–Kier alpha value is -2.25. The number of H-pyrrole nitrogens is 1. The fourth-order valence-electron chi connectivity index (χ4n) is 3.98. The fourth-order valence-corrected chi connectivity index (χ4v) is 4.70. The minimum absolute atomic E-state index is 0.329. The Balaban J connectivity index is 1.38. The monoisotopic (exact) mass is 404 g/mol. The molecule has 7 heteroatoms. The van der Waals surface area contributed by atoms with E-state index in [4.69, 9.17) is 0 Å². The molecular weight excluding hydrogens is 382 g/mol. The molecule has 0 bridgehead atoms. The van der Waals surface area contributed by atoms with E-state index in [9.17, 15) is 17.2 Å². The van der Waals surface area contributed by atoms with Gasteiger partial charge in [0.2, 0.25) is 9.84 Å². The van der Waals surface area contributed by atoms with Gasteiger partial charge < -0.3 is 4.98 Å². The van der Waals surface area contributed by atoms with E-state index >= 15 is 0 Å². The number of likely N-dealkylation sites (tertiary alicyclic amines) is 1. The van der Waals surface area contributed by atoms with Crippen LogP contribution in [0.3, 0.4) is 0 Å². The topological polar surface area (TPSA) is 53.2 Å². The van der Waals surface area contributed by atoms with E-state index < -0.39 is 15.6 Å². The molecule has 3 aromatic rings. The van der Waals surface area contributed by atoms with Crippen LogP contribution in [0.2, 0.25) is 0 Å². The molecule has 1 aromatic heterocycles. The zero-order chi connectivity index (χ0) is 19.7.